The zero-order chi connectivity index (χ0) is 22.7. The lowest BCUT2D eigenvalue weighted by atomic mass is 10.1. The summed E-state index contributed by atoms with van der Waals surface area (Å²) in [4.78, 5) is 30.5. The van der Waals surface area contributed by atoms with Gasteiger partial charge in [0.1, 0.15) is 18.4 Å². The molecule has 32 heavy (non-hydrogen) atoms. The van der Waals surface area contributed by atoms with E-state index in [1.165, 1.54) is 6.20 Å². The number of hydrogen-bond donors (Lipinski definition) is 0. The minimum Gasteiger partial charge on any atom is -0.445 e. The lowest BCUT2D eigenvalue weighted by Crippen LogP contribution is -2.54. The number of piperazine rings is 1. The van der Waals surface area contributed by atoms with Gasteiger partial charge in [-0.3, -0.25) is 9.47 Å². The number of hydrogen-bond acceptors (Lipinski definition) is 7. The molecule has 4 rings (SSSR count). The van der Waals surface area contributed by atoms with Gasteiger partial charge < -0.3 is 24.5 Å². The van der Waals surface area contributed by atoms with Gasteiger partial charge in [-0.25, -0.2) is 4.79 Å². The van der Waals surface area contributed by atoms with Gasteiger partial charge in [-0.05, 0) is 35.6 Å². The minimum atomic E-state index is -0.530. The van der Waals surface area contributed by atoms with Gasteiger partial charge in [-0.2, -0.15) is 0 Å². The van der Waals surface area contributed by atoms with Crippen LogP contribution >= 0.6 is 11.6 Å². The Bertz CT molecular complexity index is 1010. The van der Waals surface area contributed by atoms with E-state index in [0.29, 0.717) is 44.3 Å². The molecule has 0 radical (unpaired) electrons. The summed E-state index contributed by atoms with van der Waals surface area (Å²) < 4.78 is 12.9. The molecule has 0 bridgehead atoms. The minimum absolute atomic E-state index is 0.190. The van der Waals surface area contributed by atoms with Gasteiger partial charge in [0.2, 0.25) is 0 Å². The van der Waals surface area contributed by atoms with Crippen molar-refractivity contribution in [2.45, 2.75) is 19.1 Å². The molecule has 10 nitrogen and oxygen atoms in total. The summed E-state index contributed by atoms with van der Waals surface area (Å²) in [5, 5.41) is 11.5. The third kappa shape index (κ3) is 5.20. The molecule has 0 N–H and O–H groups in total. The average Bonchev–Trinajstić information content (AvgIpc) is 3.27. The Balaban J connectivity index is 1.20. The Hall–Kier alpha value is -3.11. The van der Waals surface area contributed by atoms with Crippen molar-refractivity contribution in [2.24, 2.45) is 0 Å². The van der Waals surface area contributed by atoms with Gasteiger partial charge in [0, 0.05) is 42.7 Å². The molecule has 2 aliphatic heterocycles. The number of nitrogens with zero attached hydrogens (tertiary/aromatic N) is 5. The summed E-state index contributed by atoms with van der Waals surface area (Å²) in [6.45, 7) is 5.77. The van der Waals surface area contributed by atoms with Crippen molar-refractivity contribution in [3.05, 3.63) is 57.2 Å². The lowest BCUT2D eigenvalue weighted by Gasteiger charge is -2.37. The van der Waals surface area contributed by atoms with E-state index in [-0.39, 0.29) is 24.5 Å². The van der Waals surface area contributed by atoms with Crippen molar-refractivity contribution in [1.29, 1.82) is 0 Å². The molecule has 1 aromatic carbocycles. The smallest absolute Gasteiger partial charge is 0.415 e. The van der Waals surface area contributed by atoms with Crippen molar-refractivity contribution < 1.29 is 19.2 Å². The summed E-state index contributed by atoms with van der Waals surface area (Å²) in [6, 6.07) is 7.70. The fourth-order valence-electron chi connectivity index (χ4n) is 3.93. The van der Waals surface area contributed by atoms with Crippen molar-refractivity contribution >= 4 is 29.6 Å². The Kier molecular flexibility index (Phi) is 6.33. The van der Waals surface area contributed by atoms with Gasteiger partial charge in [-0.1, -0.05) is 29.8 Å². The van der Waals surface area contributed by atoms with Gasteiger partial charge in [0.05, 0.1) is 6.54 Å². The maximum Gasteiger partial charge on any atom is 0.415 e. The summed E-state index contributed by atoms with van der Waals surface area (Å²) >= 11 is 5.95. The Morgan fingerprint density at radius 2 is 2.16 bits per heavy atom. The standard InChI is InChI=1S/C21H24ClN5O5/c1-21(15-26-13-18(27(29)30)23-19(26)32-21)14-24-7-9-25(10-8-24)20(28)31-11-3-5-16-4-2-6-17(22)12-16/h2-6,12-13H,7-11,14-15H2,1H3/t21-/m0/s1. The topological polar surface area (TPSA) is 103 Å². The highest BCUT2D eigenvalue weighted by Crippen LogP contribution is 2.31. The van der Waals surface area contributed by atoms with E-state index in [1.807, 2.05) is 31.2 Å². The second kappa shape index (κ2) is 9.17. The number of rotatable bonds is 6. The van der Waals surface area contributed by atoms with Crippen LogP contribution in [-0.4, -0.2) is 75.3 Å². The first-order chi connectivity index (χ1) is 15.3. The van der Waals surface area contributed by atoms with E-state index in [2.05, 4.69) is 9.88 Å². The Morgan fingerprint density at radius 3 is 2.84 bits per heavy atom. The van der Waals surface area contributed by atoms with Crippen molar-refractivity contribution in [1.82, 2.24) is 19.4 Å². The third-order valence-corrected chi connectivity index (χ3v) is 5.64. The first-order valence-electron chi connectivity index (χ1n) is 10.3. The predicted octanol–water partition coefficient (Wildman–Crippen LogP) is 3.06. The molecule has 170 valence electrons. The van der Waals surface area contributed by atoms with Crippen molar-refractivity contribution in [3.8, 4) is 6.01 Å². The van der Waals surface area contributed by atoms with Crippen molar-refractivity contribution in [2.75, 3.05) is 39.3 Å². The molecule has 2 aliphatic rings. The number of imidazole rings is 1. The number of carbonyl (C=O) groups excluding carboxylic acids is 1. The highest BCUT2D eigenvalue weighted by Gasteiger charge is 2.42. The number of aromatic nitrogens is 2. The average molecular weight is 462 g/mol. The van der Waals surface area contributed by atoms with Crippen LogP contribution in [0.5, 0.6) is 6.01 Å². The summed E-state index contributed by atoms with van der Waals surface area (Å²) in [6.07, 6.45) is 4.70. The number of fused-ring (bicyclic) bond motifs is 1. The molecule has 1 aromatic heterocycles. The molecule has 1 amide bonds. The fourth-order valence-corrected chi connectivity index (χ4v) is 4.13. The van der Waals surface area contributed by atoms with Crippen LogP contribution in [-0.2, 0) is 11.3 Å². The highest BCUT2D eigenvalue weighted by atomic mass is 35.5. The predicted molar refractivity (Wildman–Crippen MR) is 118 cm³/mol. The zero-order valence-corrected chi connectivity index (χ0v) is 18.4. The number of benzene rings is 1. The number of carbonyl (C=O) groups is 1. The van der Waals surface area contributed by atoms with Crippen LogP contribution in [0.15, 0.2) is 36.5 Å². The molecule has 1 saturated heterocycles. The van der Waals surface area contributed by atoms with Crippen LogP contribution < -0.4 is 4.74 Å². The lowest BCUT2D eigenvalue weighted by molar-refractivity contribution is -0.389. The number of nitro groups is 1. The van der Waals surface area contributed by atoms with Crippen molar-refractivity contribution in [3.63, 3.8) is 0 Å². The van der Waals surface area contributed by atoms with Crippen LogP contribution in [0, 0.1) is 10.1 Å². The Morgan fingerprint density at radius 1 is 1.38 bits per heavy atom. The largest absolute Gasteiger partial charge is 0.445 e. The van der Waals surface area contributed by atoms with E-state index in [1.54, 1.807) is 21.6 Å². The number of halogens is 1. The number of ether oxygens (including phenoxy) is 2. The molecule has 11 heteroatoms. The molecule has 0 unspecified atom stereocenters. The van der Waals surface area contributed by atoms with Gasteiger partial charge in [0.25, 0.3) is 0 Å². The zero-order valence-electron chi connectivity index (χ0n) is 17.6. The maximum absolute atomic E-state index is 12.3. The van der Waals surface area contributed by atoms with E-state index in [0.717, 1.165) is 5.56 Å². The molecule has 1 atom stereocenters. The van der Waals surface area contributed by atoms with E-state index in [9.17, 15) is 14.9 Å². The second-order valence-corrected chi connectivity index (χ2v) is 8.55. The highest BCUT2D eigenvalue weighted by molar-refractivity contribution is 6.30. The van der Waals surface area contributed by atoms with E-state index < -0.39 is 10.5 Å². The maximum atomic E-state index is 12.3. The normalized spacial score (nSPS) is 20.9. The molecule has 0 spiro atoms. The molecular formula is C21H24ClN5O5. The quantitative estimate of drug-likeness (QED) is 0.481. The van der Waals surface area contributed by atoms with E-state index in [4.69, 9.17) is 21.1 Å². The molecule has 1 fully saturated rings. The van der Waals surface area contributed by atoms with Crippen LogP contribution in [0.25, 0.3) is 6.08 Å². The fraction of sp³-hybridized carbons (Fsp3) is 0.429. The van der Waals surface area contributed by atoms with Gasteiger partial charge in [0.15, 0.2) is 0 Å². The first kappa shape index (κ1) is 22.1. The molecule has 0 saturated carbocycles. The van der Waals surface area contributed by atoms with E-state index >= 15 is 0 Å². The molecule has 2 aromatic rings. The van der Waals surface area contributed by atoms with Gasteiger partial charge in [-0.15, -0.1) is 0 Å². The number of amides is 1. The van der Waals surface area contributed by atoms with Crippen LogP contribution in [0.1, 0.15) is 12.5 Å². The van der Waals surface area contributed by atoms with Crippen LogP contribution in [0.3, 0.4) is 0 Å². The van der Waals surface area contributed by atoms with Gasteiger partial charge >= 0.3 is 17.9 Å². The van der Waals surface area contributed by atoms with Crippen LogP contribution in [0.4, 0.5) is 10.6 Å². The Labute approximate surface area is 190 Å². The monoisotopic (exact) mass is 461 g/mol. The second-order valence-electron chi connectivity index (χ2n) is 8.12. The van der Waals surface area contributed by atoms with Crippen LogP contribution in [0.2, 0.25) is 5.02 Å². The molecule has 3 heterocycles. The first-order valence-corrected chi connectivity index (χ1v) is 10.7. The summed E-state index contributed by atoms with van der Waals surface area (Å²) in [7, 11) is 0. The third-order valence-electron chi connectivity index (χ3n) is 5.41. The summed E-state index contributed by atoms with van der Waals surface area (Å²) in [5.74, 6) is -0.211. The SMILES string of the molecule is C[C@]1(CN2CCN(C(=O)OCC=Cc3cccc(Cl)c3)CC2)Cn2cc([N+](=O)[O-])nc2O1. The molecule has 0 aliphatic carbocycles. The molecular weight excluding hydrogens is 438 g/mol. The summed E-state index contributed by atoms with van der Waals surface area (Å²) in [5.41, 5.74) is 0.423.